The molecule has 0 saturated carbocycles. The minimum absolute atomic E-state index is 0.00922. The Morgan fingerprint density at radius 1 is 0.500 bits per heavy atom. The van der Waals surface area contributed by atoms with Crippen molar-refractivity contribution in [3.05, 3.63) is 109 Å². The third-order valence-electron chi connectivity index (χ3n) is 10.1. The van der Waals surface area contributed by atoms with Crippen LogP contribution in [0.1, 0.15) is 174 Å². The maximum Gasteiger partial charge on any atom is 0.306 e. The summed E-state index contributed by atoms with van der Waals surface area (Å²) in [7, 11) is 1.30. The predicted octanol–water partition coefficient (Wildman–Crippen LogP) is 14.9. The first-order valence-corrected chi connectivity index (χ1v) is 26.6. The second kappa shape index (κ2) is 46.7. The van der Waals surface area contributed by atoms with Crippen LogP contribution in [0.25, 0.3) is 0 Å². The highest BCUT2D eigenvalue weighted by Crippen LogP contribution is 2.38. The highest BCUT2D eigenvalue weighted by Gasteiger charge is 2.20. The number of phosphoric acid groups is 1. The monoisotopic (exact) mass is 912 g/mol. The molecule has 0 saturated heterocycles. The van der Waals surface area contributed by atoms with E-state index in [4.69, 9.17) is 18.5 Å². The molecule has 2 unspecified atom stereocenters. The van der Waals surface area contributed by atoms with Gasteiger partial charge in [-0.1, -0.05) is 175 Å². The van der Waals surface area contributed by atoms with Gasteiger partial charge in [-0.05, 0) is 103 Å². The normalized spacial score (nSPS) is 14.5. The summed E-state index contributed by atoms with van der Waals surface area (Å²) in [5, 5.41) is 0. The Hall–Kier alpha value is -2.84. The van der Waals surface area contributed by atoms with E-state index in [9.17, 15) is 14.3 Å². The molecule has 0 aromatic carbocycles. The molecule has 0 aliphatic rings. The lowest BCUT2D eigenvalue weighted by Gasteiger charge is -2.28. The molecule has 366 valence electrons. The number of carbonyl (C=O) groups is 1. The van der Waals surface area contributed by atoms with Crippen LogP contribution in [-0.4, -0.2) is 70.7 Å². The van der Waals surface area contributed by atoms with Crippen LogP contribution in [0.15, 0.2) is 109 Å². The molecule has 0 aliphatic carbocycles. The van der Waals surface area contributed by atoms with E-state index in [2.05, 4.69) is 123 Å². The highest BCUT2D eigenvalue weighted by molar-refractivity contribution is 7.45. The van der Waals surface area contributed by atoms with E-state index in [1.54, 1.807) is 0 Å². The van der Waals surface area contributed by atoms with Crippen molar-refractivity contribution in [2.75, 3.05) is 54.1 Å². The van der Waals surface area contributed by atoms with E-state index in [0.29, 0.717) is 17.6 Å². The van der Waals surface area contributed by atoms with Crippen molar-refractivity contribution in [3.63, 3.8) is 0 Å². The largest absolute Gasteiger partial charge is 0.756 e. The molecule has 2 atom stereocenters. The zero-order valence-corrected chi connectivity index (χ0v) is 42.3. The maximum absolute atomic E-state index is 12.7. The second-order valence-electron chi connectivity index (χ2n) is 17.4. The molecule has 0 radical (unpaired) electrons. The Bertz CT molecular complexity index is 1380. The van der Waals surface area contributed by atoms with E-state index in [1.807, 2.05) is 21.1 Å². The van der Waals surface area contributed by atoms with Crippen molar-refractivity contribution in [1.29, 1.82) is 0 Å². The molecule has 9 heteroatoms. The lowest BCUT2D eigenvalue weighted by Crippen LogP contribution is -2.37. The first-order valence-electron chi connectivity index (χ1n) is 25.1. The fourth-order valence-corrected chi connectivity index (χ4v) is 6.93. The van der Waals surface area contributed by atoms with Gasteiger partial charge in [0.15, 0.2) is 0 Å². The van der Waals surface area contributed by atoms with Crippen molar-refractivity contribution in [2.24, 2.45) is 0 Å². The first kappa shape index (κ1) is 61.2. The smallest absolute Gasteiger partial charge is 0.306 e. The number of esters is 1. The molecule has 64 heavy (non-hydrogen) atoms. The molecule has 0 heterocycles. The van der Waals surface area contributed by atoms with Gasteiger partial charge in [-0.2, -0.15) is 0 Å². The van der Waals surface area contributed by atoms with Crippen LogP contribution in [0.5, 0.6) is 0 Å². The van der Waals surface area contributed by atoms with Gasteiger partial charge in [-0.15, -0.1) is 0 Å². The van der Waals surface area contributed by atoms with Crippen LogP contribution < -0.4 is 4.89 Å². The summed E-state index contributed by atoms with van der Waals surface area (Å²) in [6, 6.07) is 0. The van der Waals surface area contributed by atoms with Crippen LogP contribution in [0.3, 0.4) is 0 Å². The molecular weight excluding hydrogens is 818 g/mol. The lowest BCUT2D eigenvalue weighted by molar-refractivity contribution is -0.870. The fraction of sp³-hybridized carbons (Fsp3) is 0.655. The summed E-state index contributed by atoms with van der Waals surface area (Å²) in [4.78, 5) is 25.2. The van der Waals surface area contributed by atoms with Gasteiger partial charge in [0.1, 0.15) is 19.3 Å². The molecule has 0 aromatic heterocycles. The second-order valence-corrected chi connectivity index (χ2v) is 18.8. The summed E-state index contributed by atoms with van der Waals surface area (Å²) < 4.78 is 34.6. The van der Waals surface area contributed by atoms with Crippen molar-refractivity contribution in [2.45, 2.75) is 180 Å². The molecule has 0 amide bonds. The minimum Gasteiger partial charge on any atom is -0.756 e. The molecule has 0 N–H and O–H groups in total. The topological polar surface area (TPSA) is 94.1 Å². The van der Waals surface area contributed by atoms with Crippen molar-refractivity contribution < 1.29 is 37.3 Å². The van der Waals surface area contributed by atoms with Crippen LogP contribution in [0.2, 0.25) is 0 Å². The molecular formula is C55H94NO7P. The van der Waals surface area contributed by atoms with E-state index in [0.717, 1.165) is 103 Å². The third-order valence-corrected chi connectivity index (χ3v) is 11.0. The summed E-state index contributed by atoms with van der Waals surface area (Å²) in [5.41, 5.74) is 0. The zero-order valence-electron chi connectivity index (χ0n) is 41.4. The number of carbonyl (C=O) groups excluding carboxylic acids is 1. The quantitative estimate of drug-likeness (QED) is 0.0197. The number of unbranched alkanes of at least 4 members (excludes halogenated alkanes) is 13. The number of quaternary nitrogens is 1. The van der Waals surface area contributed by atoms with E-state index >= 15 is 0 Å². The Morgan fingerprint density at radius 3 is 1.36 bits per heavy atom. The molecule has 0 aromatic rings. The number of phosphoric ester groups is 1. The van der Waals surface area contributed by atoms with Crippen LogP contribution in [-0.2, 0) is 27.9 Å². The summed E-state index contributed by atoms with van der Waals surface area (Å²) in [6.45, 7) is 5.13. The summed E-state index contributed by atoms with van der Waals surface area (Å²) in [6.07, 6.45) is 65.4. The van der Waals surface area contributed by atoms with Crippen molar-refractivity contribution in [3.8, 4) is 0 Å². The Balaban J connectivity index is 4.31. The van der Waals surface area contributed by atoms with Gasteiger partial charge in [0.25, 0.3) is 7.82 Å². The summed E-state index contributed by atoms with van der Waals surface area (Å²) >= 11 is 0. The number of rotatable bonds is 45. The number of hydrogen-bond acceptors (Lipinski definition) is 7. The van der Waals surface area contributed by atoms with Gasteiger partial charge in [0, 0.05) is 13.0 Å². The lowest BCUT2D eigenvalue weighted by atomic mass is 10.1. The zero-order chi connectivity index (χ0) is 46.9. The van der Waals surface area contributed by atoms with E-state index < -0.39 is 13.9 Å². The number of allylic oxidation sites excluding steroid dienone is 18. The van der Waals surface area contributed by atoms with Gasteiger partial charge in [-0.25, -0.2) is 0 Å². The number of ether oxygens (including phenoxy) is 2. The third kappa shape index (κ3) is 50.2. The maximum atomic E-state index is 12.7. The van der Waals surface area contributed by atoms with Gasteiger partial charge in [-0.3, -0.25) is 9.36 Å². The molecule has 0 bridgehead atoms. The van der Waals surface area contributed by atoms with Gasteiger partial charge < -0.3 is 27.9 Å². The Morgan fingerprint density at radius 2 is 0.906 bits per heavy atom. The Kier molecular flexibility index (Phi) is 44.6. The van der Waals surface area contributed by atoms with Gasteiger partial charge >= 0.3 is 5.97 Å². The molecule has 0 spiro atoms. The average Bonchev–Trinajstić information content (AvgIpc) is 3.25. The van der Waals surface area contributed by atoms with E-state index in [1.165, 1.54) is 51.4 Å². The summed E-state index contributed by atoms with van der Waals surface area (Å²) in [5.74, 6) is -0.362. The SMILES string of the molecule is CC/C=C\C/C=C\C/C=C\C/C=C\C/C=C\C/C=C\C/C=C\CCCCOCC(COP(=O)([O-])OCC[N+](C)(C)C)OC(=O)CCCCCCCCC/C=C\C/C=C\CCCCCC. The van der Waals surface area contributed by atoms with Gasteiger partial charge in [0.2, 0.25) is 0 Å². The van der Waals surface area contributed by atoms with Crippen LogP contribution in [0, 0.1) is 0 Å². The van der Waals surface area contributed by atoms with Crippen molar-refractivity contribution in [1.82, 2.24) is 0 Å². The standard InChI is InChI=1S/C55H94NO7P/c1-6-8-10-12-14-16-18-20-22-24-26-27-28-29-30-31-33-35-37-39-41-43-45-47-50-60-52-54(53-62-64(58,59)61-51-49-56(3,4)5)63-55(57)48-46-44-42-40-38-36-34-32-25-23-21-19-17-15-13-11-9-7-2/h8,10,14,16-17,19-20,22-23,25-27,29-30,33,35,39,41,54H,6-7,9,11-13,15,18,21,24,28,31-32,34,36-38,40,42-53H2,1-5H3/b10-8-,16-14-,19-17-,22-20-,25-23-,27-26-,30-29-,35-33-,41-39-. The molecule has 0 rings (SSSR count). The molecule has 0 aliphatic heterocycles. The fourth-order valence-electron chi connectivity index (χ4n) is 6.20. The van der Waals surface area contributed by atoms with Gasteiger partial charge in [0.05, 0.1) is 34.4 Å². The van der Waals surface area contributed by atoms with Crippen molar-refractivity contribution >= 4 is 13.8 Å². The van der Waals surface area contributed by atoms with Crippen LogP contribution >= 0.6 is 7.82 Å². The predicted molar refractivity (Wildman–Crippen MR) is 272 cm³/mol. The van der Waals surface area contributed by atoms with E-state index in [-0.39, 0.29) is 32.2 Å². The minimum atomic E-state index is -4.55. The average molecular weight is 912 g/mol. The number of likely N-dealkylation sites (N-methyl/N-ethyl adjacent to an activating group) is 1. The molecule has 0 fully saturated rings. The number of nitrogens with zero attached hydrogens (tertiary/aromatic N) is 1. The number of hydrogen-bond donors (Lipinski definition) is 0. The first-order chi connectivity index (χ1) is 31.1. The molecule has 8 nitrogen and oxygen atoms in total. The highest BCUT2D eigenvalue weighted by atomic mass is 31.2. The Labute approximate surface area is 393 Å². The van der Waals surface area contributed by atoms with Crippen LogP contribution in [0.4, 0.5) is 0 Å².